The van der Waals surface area contributed by atoms with Crippen molar-refractivity contribution in [1.29, 1.82) is 0 Å². The number of halogens is 2. The van der Waals surface area contributed by atoms with Crippen molar-refractivity contribution in [2.24, 2.45) is 5.73 Å². The number of methoxy groups -OCH3 is 1. The maximum Gasteiger partial charge on any atom is 0.255 e. The Morgan fingerprint density at radius 3 is 2.65 bits per heavy atom. The van der Waals surface area contributed by atoms with Crippen molar-refractivity contribution in [2.45, 2.75) is 39.2 Å². The molecule has 0 aliphatic carbocycles. The van der Waals surface area contributed by atoms with Gasteiger partial charge in [-0.05, 0) is 46.6 Å². The average molecular weight is 410 g/mol. The van der Waals surface area contributed by atoms with Crippen LogP contribution in [0.1, 0.15) is 38.2 Å². The minimum Gasteiger partial charge on any atom is -0.493 e. The highest BCUT2D eigenvalue weighted by Gasteiger charge is 2.12. The van der Waals surface area contributed by atoms with Crippen molar-refractivity contribution in [3.63, 3.8) is 0 Å². The first-order chi connectivity index (χ1) is 10.6. The van der Waals surface area contributed by atoms with Crippen LogP contribution in [0.15, 0.2) is 16.6 Å². The Hall–Kier alpha value is -0.980. The van der Waals surface area contributed by atoms with Gasteiger partial charge in [0.05, 0.1) is 11.6 Å². The molecule has 0 saturated heterocycles. The largest absolute Gasteiger partial charge is 0.493 e. The predicted molar refractivity (Wildman–Crippen MR) is 98.5 cm³/mol. The van der Waals surface area contributed by atoms with Gasteiger partial charge in [-0.25, -0.2) is 0 Å². The van der Waals surface area contributed by atoms with E-state index in [9.17, 15) is 4.79 Å². The number of primary amides is 1. The second-order valence-corrected chi connectivity index (χ2v) is 5.96. The van der Waals surface area contributed by atoms with Crippen LogP contribution in [0, 0.1) is 0 Å². The Kier molecular flexibility index (Phi) is 11.9. The Labute approximate surface area is 152 Å². The van der Waals surface area contributed by atoms with Gasteiger partial charge in [-0.3, -0.25) is 4.79 Å². The highest BCUT2D eigenvalue weighted by Crippen LogP contribution is 2.36. The fourth-order valence-electron chi connectivity index (χ4n) is 2.07. The quantitative estimate of drug-likeness (QED) is 0.549. The van der Waals surface area contributed by atoms with Crippen LogP contribution in [-0.4, -0.2) is 26.2 Å². The zero-order valence-electron chi connectivity index (χ0n) is 13.7. The van der Waals surface area contributed by atoms with Crippen LogP contribution in [0.2, 0.25) is 0 Å². The lowest BCUT2D eigenvalue weighted by Gasteiger charge is -2.14. The van der Waals surface area contributed by atoms with E-state index in [1.54, 1.807) is 7.11 Å². The maximum absolute atomic E-state index is 10.8. The fourth-order valence-corrected chi connectivity index (χ4v) is 2.67. The van der Waals surface area contributed by atoms with Crippen LogP contribution < -0.4 is 20.5 Å². The van der Waals surface area contributed by atoms with Gasteiger partial charge < -0.3 is 20.5 Å². The number of unbranched alkanes of at least 4 members (excludes halogenated alkanes) is 3. The molecule has 0 spiro atoms. The molecule has 23 heavy (non-hydrogen) atoms. The minimum atomic E-state index is -0.522. The summed E-state index contributed by atoms with van der Waals surface area (Å²) in [7, 11) is 1.57. The van der Waals surface area contributed by atoms with E-state index in [1.807, 2.05) is 12.1 Å². The average Bonchev–Trinajstić information content (AvgIpc) is 2.48. The SMILES string of the molecule is CCCCCCNCc1cc(Br)c(OCC(N)=O)c(OC)c1.Cl. The van der Waals surface area contributed by atoms with Crippen LogP contribution >= 0.6 is 28.3 Å². The summed E-state index contributed by atoms with van der Waals surface area (Å²) in [6, 6.07) is 3.86. The van der Waals surface area contributed by atoms with Crippen LogP contribution in [-0.2, 0) is 11.3 Å². The molecule has 0 atom stereocenters. The highest BCUT2D eigenvalue weighted by atomic mass is 79.9. The number of nitrogens with one attached hydrogen (secondary N) is 1. The molecule has 0 radical (unpaired) electrons. The first-order valence-electron chi connectivity index (χ1n) is 7.56. The summed E-state index contributed by atoms with van der Waals surface area (Å²) in [5.74, 6) is 0.554. The van der Waals surface area contributed by atoms with E-state index < -0.39 is 5.91 Å². The molecule has 0 aromatic heterocycles. The standard InChI is InChI=1S/C16H25BrN2O3.ClH/c1-3-4-5-6-7-19-10-12-8-13(17)16(14(9-12)21-2)22-11-15(18)20;/h8-9,19H,3-7,10-11H2,1-2H3,(H2,18,20);1H. The summed E-state index contributed by atoms with van der Waals surface area (Å²) >= 11 is 3.45. The summed E-state index contributed by atoms with van der Waals surface area (Å²) in [5.41, 5.74) is 6.19. The number of amides is 1. The lowest BCUT2D eigenvalue weighted by Crippen LogP contribution is -2.20. The highest BCUT2D eigenvalue weighted by molar-refractivity contribution is 9.10. The first kappa shape index (κ1) is 22.0. The number of carbonyl (C=O) groups is 1. The van der Waals surface area contributed by atoms with Gasteiger partial charge in [0.25, 0.3) is 5.91 Å². The second kappa shape index (κ2) is 12.4. The summed E-state index contributed by atoms with van der Waals surface area (Å²) in [6.07, 6.45) is 4.98. The van der Waals surface area contributed by atoms with E-state index >= 15 is 0 Å². The topological polar surface area (TPSA) is 73.6 Å². The Balaban J connectivity index is 0.00000484. The molecule has 0 saturated carbocycles. The Morgan fingerprint density at radius 1 is 1.30 bits per heavy atom. The van der Waals surface area contributed by atoms with Crippen molar-refractivity contribution in [1.82, 2.24) is 5.32 Å². The molecular formula is C16H26BrClN2O3. The van der Waals surface area contributed by atoms with Crippen molar-refractivity contribution in [3.8, 4) is 11.5 Å². The van der Waals surface area contributed by atoms with Gasteiger partial charge in [0.15, 0.2) is 18.1 Å². The third-order valence-electron chi connectivity index (χ3n) is 3.18. The number of benzene rings is 1. The number of hydrogen-bond acceptors (Lipinski definition) is 4. The zero-order valence-corrected chi connectivity index (χ0v) is 16.1. The molecule has 0 aliphatic heterocycles. The predicted octanol–water partition coefficient (Wildman–Crippen LogP) is 3.41. The van der Waals surface area contributed by atoms with E-state index in [1.165, 1.54) is 25.7 Å². The molecule has 3 N–H and O–H groups in total. The van der Waals surface area contributed by atoms with Gasteiger partial charge in [-0.1, -0.05) is 26.2 Å². The number of ether oxygens (including phenoxy) is 2. The lowest BCUT2D eigenvalue weighted by molar-refractivity contribution is -0.119. The first-order valence-corrected chi connectivity index (χ1v) is 8.36. The monoisotopic (exact) mass is 408 g/mol. The lowest BCUT2D eigenvalue weighted by atomic mass is 10.2. The van der Waals surface area contributed by atoms with Gasteiger partial charge in [-0.15, -0.1) is 12.4 Å². The third-order valence-corrected chi connectivity index (χ3v) is 3.77. The molecule has 1 aromatic carbocycles. The molecule has 0 bridgehead atoms. The van der Waals surface area contributed by atoms with E-state index in [4.69, 9.17) is 15.2 Å². The molecule has 5 nitrogen and oxygen atoms in total. The molecule has 0 fully saturated rings. The number of hydrogen-bond donors (Lipinski definition) is 2. The molecular weight excluding hydrogens is 384 g/mol. The fraction of sp³-hybridized carbons (Fsp3) is 0.562. The van der Waals surface area contributed by atoms with Crippen LogP contribution in [0.25, 0.3) is 0 Å². The van der Waals surface area contributed by atoms with Gasteiger partial charge >= 0.3 is 0 Å². The maximum atomic E-state index is 10.8. The van der Waals surface area contributed by atoms with E-state index in [0.717, 1.165) is 23.1 Å². The van der Waals surface area contributed by atoms with E-state index in [-0.39, 0.29) is 19.0 Å². The molecule has 0 aliphatic rings. The zero-order chi connectivity index (χ0) is 16.4. The normalized spacial score (nSPS) is 10.0. The van der Waals surface area contributed by atoms with E-state index in [0.29, 0.717) is 11.5 Å². The van der Waals surface area contributed by atoms with Gasteiger partial charge in [0, 0.05) is 6.54 Å². The van der Waals surface area contributed by atoms with Gasteiger partial charge in [-0.2, -0.15) is 0 Å². The molecule has 1 rings (SSSR count). The van der Waals surface area contributed by atoms with Crippen LogP contribution in [0.4, 0.5) is 0 Å². The third kappa shape index (κ3) is 8.44. The van der Waals surface area contributed by atoms with E-state index in [2.05, 4.69) is 28.2 Å². The van der Waals surface area contributed by atoms with Crippen molar-refractivity contribution in [2.75, 3.05) is 20.3 Å². The summed E-state index contributed by atoms with van der Waals surface area (Å²) in [5, 5.41) is 3.42. The molecule has 1 aromatic rings. The van der Waals surface area contributed by atoms with Crippen LogP contribution in [0.5, 0.6) is 11.5 Å². The Morgan fingerprint density at radius 2 is 2.04 bits per heavy atom. The smallest absolute Gasteiger partial charge is 0.255 e. The molecule has 0 unspecified atom stereocenters. The van der Waals surface area contributed by atoms with Gasteiger partial charge in [0.2, 0.25) is 0 Å². The number of rotatable bonds is 11. The molecule has 0 heterocycles. The molecule has 1 amide bonds. The summed E-state index contributed by atoms with van der Waals surface area (Å²) in [4.78, 5) is 10.8. The minimum absolute atomic E-state index is 0. The number of carbonyl (C=O) groups excluding carboxylic acids is 1. The van der Waals surface area contributed by atoms with Crippen molar-refractivity contribution < 1.29 is 14.3 Å². The van der Waals surface area contributed by atoms with Gasteiger partial charge in [0.1, 0.15) is 0 Å². The summed E-state index contributed by atoms with van der Waals surface area (Å²) in [6.45, 7) is 3.79. The molecule has 132 valence electrons. The summed E-state index contributed by atoms with van der Waals surface area (Å²) < 4.78 is 11.4. The van der Waals surface area contributed by atoms with Crippen LogP contribution in [0.3, 0.4) is 0 Å². The Bertz CT molecular complexity index is 487. The van der Waals surface area contributed by atoms with Crippen molar-refractivity contribution >= 4 is 34.2 Å². The van der Waals surface area contributed by atoms with Crippen molar-refractivity contribution in [3.05, 3.63) is 22.2 Å². The number of nitrogens with two attached hydrogens (primary N) is 1. The second-order valence-electron chi connectivity index (χ2n) is 5.10. The molecule has 7 heteroatoms.